The summed E-state index contributed by atoms with van der Waals surface area (Å²) in [6.07, 6.45) is 2.59. The fourth-order valence-corrected chi connectivity index (χ4v) is 4.95. The van der Waals surface area contributed by atoms with Crippen molar-refractivity contribution in [3.63, 3.8) is 0 Å². The molecular formula is C26H26FN3O3. The van der Waals surface area contributed by atoms with E-state index in [1.165, 1.54) is 11.6 Å². The molecule has 2 aromatic carbocycles. The van der Waals surface area contributed by atoms with Crippen LogP contribution in [-0.4, -0.2) is 40.7 Å². The average Bonchev–Trinajstić information content (AvgIpc) is 3.19. The summed E-state index contributed by atoms with van der Waals surface area (Å²) < 4.78 is 20.5. The average molecular weight is 448 g/mol. The van der Waals surface area contributed by atoms with Gasteiger partial charge in [-0.15, -0.1) is 0 Å². The molecule has 0 aliphatic carbocycles. The van der Waals surface area contributed by atoms with Crippen LogP contribution in [0.2, 0.25) is 0 Å². The molecule has 3 heterocycles. The molecule has 0 saturated carbocycles. The number of fused-ring (bicyclic) bond motifs is 2. The normalized spacial score (nSPS) is 16.5. The first kappa shape index (κ1) is 21.4. The van der Waals surface area contributed by atoms with E-state index in [0.29, 0.717) is 43.8 Å². The van der Waals surface area contributed by atoms with Gasteiger partial charge in [-0.3, -0.25) is 9.59 Å². The molecule has 1 amide bonds. The number of rotatable bonds is 4. The second-order valence-corrected chi connectivity index (χ2v) is 8.92. The van der Waals surface area contributed by atoms with Crippen molar-refractivity contribution in [2.24, 2.45) is 0 Å². The summed E-state index contributed by atoms with van der Waals surface area (Å²) in [5, 5.41) is 6.60. The zero-order valence-corrected chi connectivity index (χ0v) is 18.6. The fourth-order valence-electron chi connectivity index (χ4n) is 4.95. The number of nitrogens with one attached hydrogen (secondary N) is 1. The van der Waals surface area contributed by atoms with E-state index in [4.69, 9.17) is 4.74 Å². The Hall–Kier alpha value is -3.48. The number of aromatic nitrogens is 2. The monoisotopic (exact) mass is 447 g/mol. The first-order valence-electron chi connectivity index (χ1n) is 11.4. The third-order valence-electron chi connectivity index (χ3n) is 6.93. The number of amides is 1. The maximum absolute atomic E-state index is 14.6. The van der Waals surface area contributed by atoms with Crippen molar-refractivity contribution in [3.05, 3.63) is 92.6 Å². The van der Waals surface area contributed by atoms with Crippen molar-refractivity contribution in [2.45, 2.75) is 38.0 Å². The van der Waals surface area contributed by atoms with E-state index in [1.807, 2.05) is 25.1 Å². The molecule has 33 heavy (non-hydrogen) atoms. The Labute approximate surface area is 191 Å². The highest BCUT2D eigenvalue weighted by atomic mass is 19.1. The lowest BCUT2D eigenvalue weighted by Crippen LogP contribution is -2.46. The molecule has 6 nitrogen and oxygen atoms in total. The summed E-state index contributed by atoms with van der Waals surface area (Å²) in [6, 6.07) is 14.4. The number of aromatic amines is 1. The largest absolute Gasteiger partial charge is 0.492 e. The van der Waals surface area contributed by atoms with Gasteiger partial charge in [0.15, 0.2) is 0 Å². The Balaban J connectivity index is 1.32. The molecule has 2 aliphatic heterocycles. The predicted molar refractivity (Wildman–Crippen MR) is 122 cm³/mol. The molecular weight excluding hydrogens is 421 g/mol. The number of H-pyrrole nitrogens is 1. The molecule has 1 N–H and O–H groups in total. The van der Waals surface area contributed by atoms with Crippen LogP contribution < -0.4 is 10.3 Å². The van der Waals surface area contributed by atoms with E-state index in [0.717, 1.165) is 24.2 Å². The Kier molecular flexibility index (Phi) is 5.48. The van der Waals surface area contributed by atoms with E-state index in [2.05, 4.69) is 16.3 Å². The van der Waals surface area contributed by atoms with Crippen LogP contribution in [0.25, 0.3) is 0 Å². The molecule has 3 aromatic rings. The van der Waals surface area contributed by atoms with Crippen LogP contribution in [0.1, 0.15) is 52.5 Å². The minimum absolute atomic E-state index is 0.0688. The fraction of sp³-hybridized carbons (Fsp3) is 0.346. The smallest absolute Gasteiger partial charge is 0.267 e. The maximum atomic E-state index is 14.6. The van der Waals surface area contributed by atoms with Gasteiger partial charge < -0.3 is 9.64 Å². The number of para-hydroxylation sites is 1. The van der Waals surface area contributed by atoms with Crippen molar-refractivity contribution in [1.82, 2.24) is 15.1 Å². The van der Waals surface area contributed by atoms with Crippen molar-refractivity contribution >= 4 is 5.91 Å². The SMILES string of the molecule is CCc1cc(Cc2ccc(F)c(C(=O)N3CCC4(CC3)COc3ccccc34)c2)n[nH]c1=O. The zero-order chi connectivity index (χ0) is 23.0. The number of ether oxygens (including phenoxy) is 1. The summed E-state index contributed by atoms with van der Waals surface area (Å²) in [7, 11) is 0. The first-order valence-corrected chi connectivity index (χ1v) is 11.4. The van der Waals surface area contributed by atoms with Gasteiger partial charge in [0.25, 0.3) is 11.5 Å². The number of halogens is 1. The quantitative estimate of drug-likeness (QED) is 0.663. The van der Waals surface area contributed by atoms with Crippen LogP contribution in [0, 0.1) is 5.82 Å². The first-order chi connectivity index (χ1) is 16.0. The van der Waals surface area contributed by atoms with Gasteiger partial charge in [0.1, 0.15) is 11.6 Å². The third-order valence-corrected chi connectivity index (χ3v) is 6.93. The van der Waals surface area contributed by atoms with Crippen LogP contribution in [0.4, 0.5) is 4.39 Å². The highest BCUT2D eigenvalue weighted by Gasteiger charge is 2.43. The lowest BCUT2D eigenvalue weighted by Gasteiger charge is -2.38. The molecule has 1 spiro atoms. The number of carbonyl (C=O) groups is 1. The Morgan fingerprint density at radius 1 is 1.18 bits per heavy atom. The Morgan fingerprint density at radius 2 is 1.97 bits per heavy atom. The highest BCUT2D eigenvalue weighted by molar-refractivity contribution is 5.94. The minimum atomic E-state index is -0.526. The summed E-state index contributed by atoms with van der Waals surface area (Å²) >= 11 is 0. The number of hydrogen-bond donors (Lipinski definition) is 1. The van der Waals surface area contributed by atoms with Crippen LogP contribution in [0.15, 0.2) is 53.3 Å². The molecule has 1 aromatic heterocycles. The number of benzene rings is 2. The summed E-state index contributed by atoms with van der Waals surface area (Å²) in [5.74, 6) is 0.112. The number of carbonyl (C=O) groups excluding carboxylic acids is 1. The van der Waals surface area contributed by atoms with E-state index >= 15 is 0 Å². The zero-order valence-electron chi connectivity index (χ0n) is 18.6. The van der Waals surface area contributed by atoms with Crippen LogP contribution in [0.5, 0.6) is 5.75 Å². The molecule has 0 bridgehead atoms. The summed E-state index contributed by atoms with van der Waals surface area (Å²) in [5.41, 5.74) is 3.12. The summed E-state index contributed by atoms with van der Waals surface area (Å²) in [4.78, 5) is 26.7. The highest BCUT2D eigenvalue weighted by Crippen LogP contribution is 2.45. The molecule has 0 unspecified atom stereocenters. The van der Waals surface area contributed by atoms with Gasteiger partial charge in [-0.05, 0) is 49.1 Å². The molecule has 1 fully saturated rings. The van der Waals surface area contributed by atoms with Crippen LogP contribution in [-0.2, 0) is 18.3 Å². The van der Waals surface area contributed by atoms with E-state index in [1.54, 1.807) is 23.1 Å². The molecule has 1 saturated heterocycles. The topological polar surface area (TPSA) is 75.3 Å². The lowest BCUT2D eigenvalue weighted by atomic mass is 9.74. The number of aryl methyl sites for hydroxylation is 1. The molecule has 0 radical (unpaired) electrons. The number of likely N-dealkylation sites (tertiary alicyclic amines) is 1. The van der Waals surface area contributed by atoms with Crippen molar-refractivity contribution < 1.29 is 13.9 Å². The van der Waals surface area contributed by atoms with Gasteiger partial charge in [0, 0.05) is 36.1 Å². The van der Waals surface area contributed by atoms with E-state index < -0.39 is 5.82 Å². The van der Waals surface area contributed by atoms with Gasteiger partial charge in [-0.1, -0.05) is 31.2 Å². The van der Waals surface area contributed by atoms with E-state index in [-0.39, 0.29) is 22.4 Å². The van der Waals surface area contributed by atoms with Gasteiger partial charge in [-0.2, -0.15) is 5.10 Å². The summed E-state index contributed by atoms with van der Waals surface area (Å²) in [6.45, 7) is 3.65. The van der Waals surface area contributed by atoms with Crippen molar-refractivity contribution in [3.8, 4) is 5.75 Å². The standard InChI is InChI=1S/C26H26FN3O3/c1-2-18-15-19(28-29-24(18)31)13-17-7-8-22(27)20(14-17)25(32)30-11-9-26(10-12-30)16-33-23-6-4-3-5-21(23)26/h3-8,14-15H,2,9-13,16H2,1H3,(H,29,31). The second-order valence-electron chi connectivity index (χ2n) is 8.92. The Bertz CT molecular complexity index is 1260. The van der Waals surface area contributed by atoms with E-state index in [9.17, 15) is 14.0 Å². The molecule has 5 rings (SSSR count). The molecule has 2 aliphatic rings. The molecule has 0 atom stereocenters. The van der Waals surface area contributed by atoms with Crippen LogP contribution >= 0.6 is 0 Å². The van der Waals surface area contributed by atoms with Gasteiger partial charge in [0.05, 0.1) is 17.9 Å². The Morgan fingerprint density at radius 3 is 2.76 bits per heavy atom. The maximum Gasteiger partial charge on any atom is 0.267 e. The number of piperidine rings is 1. The van der Waals surface area contributed by atoms with Gasteiger partial charge in [0.2, 0.25) is 0 Å². The minimum Gasteiger partial charge on any atom is -0.492 e. The van der Waals surface area contributed by atoms with Crippen molar-refractivity contribution in [2.75, 3.05) is 19.7 Å². The number of nitrogens with zero attached hydrogens (tertiary/aromatic N) is 2. The van der Waals surface area contributed by atoms with Gasteiger partial charge in [-0.25, -0.2) is 9.49 Å². The van der Waals surface area contributed by atoms with Crippen molar-refractivity contribution in [1.29, 1.82) is 0 Å². The predicted octanol–water partition coefficient (Wildman–Crippen LogP) is 3.63. The van der Waals surface area contributed by atoms with Crippen LogP contribution in [0.3, 0.4) is 0 Å². The third kappa shape index (κ3) is 3.92. The molecule has 170 valence electrons. The lowest BCUT2D eigenvalue weighted by molar-refractivity contribution is 0.0642. The van der Waals surface area contributed by atoms with Gasteiger partial charge >= 0.3 is 0 Å². The molecule has 7 heteroatoms. The second kappa shape index (κ2) is 8.46. The number of hydrogen-bond acceptors (Lipinski definition) is 4.